The molecule has 1 heterocycles. The van der Waals surface area contributed by atoms with Crippen molar-refractivity contribution in [3.05, 3.63) is 47.9 Å². The molecule has 0 saturated heterocycles. The highest BCUT2D eigenvalue weighted by atomic mass is 32.2. The summed E-state index contributed by atoms with van der Waals surface area (Å²) < 4.78 is 5.32. The Kier molecular flexibility index (Phi) is 5.49. The standard InChI is InChI=1S/C15H18N2OS2/c1-2-20-13-7-3-6-12(14(13)15(16)19)17-9-8-11-5-4-10-18-11/h3-7,10,17H,2,8-9H2,1H3,(H2,16,19). The summed E-state index contributed by atoms with van der Waals surface area (Å²) in [6.45, 7) is 2.90. The van der Waals surface area contributed by atoms with Gasteiger partial charge in [0.25, 0.3) is 0 Å². The molecule has 3 nitrogen and oxygen atoms in total. The smallest absolute Gasteiger partial charge is 0.107 e. The van der Waals surface area contributed by atoms with Gasteiger partial charge in [-0.15, -0.1) is 11.8 Å². The average molecular weight is 306 g/mol. The minimum atomic E-state index is 0.432. The first-order chi connectivity index (χ1) is 9.72. The van der Waals surface area contributed by atoms with E-state index in [0.29, 0.717) is 4.99 Å². The van der Waals surface area contributed by atoms with Gasteiger partial charge in [-0.1, -0.05) is 25.2 Å². The monoisotopic (exact) mass is 306 g/mol. The minimum Gasteiger partial charge on any atom is -0.469 e. The van der Waals surface area contributed by atoms with Crippen molar-refractivity contribution >= 4 is 34.7 Å². The van der Waals surface area contributed by atoms with Gasteiger partial charge in [-0.25, -0.2) is 0 Å². The predicted molar refractivity (Wildman–Crippen MR) is 89.6 cm³/mol. The summed E-state index contributed by atoms with van der Waals surface area (Å²) in [4.78, 5) is 1.56. The van der Waals surface area contributed by atoms with Gasteiger partial charge in [-0.2, -0.15) is 0 Å². The first-order valence-electron chi connectivity index (χ1n) is 6.54. The Labute approximate surface area is 128 Å². The van der Waals surface area contributed by atoms with Crippen molar-refractivity contribution in [3.63, 3.8) is 0 Å². The zero-order chi connectivity index (χ0) is 14.4. The number of thiocarbonyl (C=S) groups is 1. The van der Waals surface area contributed by atoms with Crippen molar-refractivity contribution < 1.29 is 4.42 Å². The predicted octanol–water partition coefficient (Wildman–Crippen LogP) is 3.68. The molecule has 0 amide bonds. The maximum Gasteiger partial charge on any atom is 0.107 e. The van der Waals surface area contributed by atoms with Crippen LogP contribution in [0.3, 0.4) is 0 Å². The number of hydrogen-bond donors (Lipinski definition) is 2. The van der Waals surface area contributed by atoms with E-state index in [1.165, 1.54) is 0 Å². The van der Waals surface area contributed by atoms with E-state index in [9.17, 15) is 0 Å². The lowest BCUT2D eigenvalue weighted by Gasteiger charge is -2.14. The number of nitrogens with two attached hydrogens (primary N) is 1. The summed E-state index contributed by atoms with van der Waals surface area (Å²) in [6.07, 6.45) is 2.52. The summed E-state index contributed by atoms with van der Waals surface area (Å²) in [5.41, 5.74) is 7.80. The number of nitrogens with one attached hydrogen (secondary N) is 1. The third kappa shape index (κ3) is 3.77. The van der Waals surface area contributed by atoms with Crippen LogP contribution in [0.4, 0.5) is 5.69 Å². The Hall–Kier alpha value is -1.46. The molecule has 106 valence electrons. The molecule has 3 N–H and O–H groups in total. The molecular formula is C15H18N2OS2. The Morgan fingerprint density at radius 3 is 2.85 bits per heavy atom. The van der Waals surface area contributed by atoms with Crippen LogP contribution >= 0.6 is 24.0 Å². The van der Waals surface area contributed by atoms with Gasteiger partial charge in [-0.05, 0) is 30.0 Å². The molecule has 20 heavy (non-hydrogen) atoms. The first-order valence-corrected chi connectivity index (χ1v) is 7.93. The number of thioether (sulfide) groups is 1. The van der Waals surface area contributed by atoms with E-state index >= 15 is 0 Å². The van der Waals surface area contributed by atoms with E-state index < -0.39 is 0 Å². The van der Waals surface area contributed by atoms with E-state index in [2.05, 4.69) is 18.3 Å². The summed E-state index contributed by atoms with van der Waals surface area (Å²) in [5, 5.41) is 3.39. The van der Waals surface area contributed by atoms with E-state index in [4.69, 9.17) is 22.4 Å². The second-order valence-electron chi connectivity index (χ2n) is 4.23. The van der Waals surface area contributed by atoms with E-state index in [0.717, 1.165) is 40.6 Å². The van der Waals surface area contributed by atoms with Crippen LogP contribution < -0.4 is 11.1 Å². The summed E-state index contributed by atoms with van der Waals surface area (Å²) in [5.74, 6) is 1.96. The molecule has 0 radical (unpaired) electrons. The van der Waals surface area contributed by atoms with Gasteiger partial charge in [0.15, 0.2) is 0 Å². The fraction of sp³-hybridized carbons (Fsp3) is 0.267. The number of anilines is 1. The topological polar surface area (TPSA) is 51.2 Å². The van der Waals surface area contributed by atoms with Crippen LogP contribution in [0.15, 0.2) is 45.9 Å². The van der Waals surface area contributed by atoms with Crippen LogP contribution in [-0.2, 0) is 6.42 Å². The maximum absolute atomic E-state index is 5.87. The minimum absolute atomic E-state index is 0.432. The van der Waals surface area contributed by atoms with Gasteiger partial charge in [0, 0.05) is 29.1 Å². The highest BCUT2D eigenvalue weighted by Gasteiger charge is 2.11. The summed E-state index contributed by atoms with van der Waals surface area (Å²) in [6, 6.07) is 9.96. The number of hydrogen-bond acceptors (Lipinski definition) is 4. The number of rotatable bonds is 7. The molecule has 0 bridgehead atoms. The van der Waals surface area contributed by atoms with Crippen LogP contribution in [0.5, 0.6) is 0 Å². The van der Waals surface area contributed by atoms with Crippen molar-refractivity contribution in [2.24, 2.45) is 5.73 Å². The highest BCUT2D eigenvalue weighted by Crippen LogP contribution is 2.28. The lowest BCUT2D eigenvalue weighted by Crippen LogP contribution is -2.15. The van der Waals surface area contributed by atoms with Crippen LogP contribution in [-0.4, -0.2) is 17.3 Å². The largest absolute Gasteiger partial charge is 0.469 e. The molecule has 2 aromatic rings. The number of benzene rings is 1. The lowest BCUT2D eigenvalue weighted by molar-refractivity contribution is 0.513. The summed E-state index contributed by atoms with van der Waals surface area (Å²) in [7, 11) is 0. The maximum atomic E-state index is 5.87. The third-order valence-corrected chi connectivity index (χ3v) is 3.98. The van der Waals surface area contributed by atoms with Crippen molar-refractivity contribution in [1.29, 1.82) is 0 Å². The number of furan rings is 1. The molecule has 1 aromatic carbocycles. The SMILES string of the molecule is CCSc1cccc(NCCc2ccco2)c1C(N)=S. The molecule has 0 fully saturated rings. The average Bonchev–Trinajstić information content (AvgIpc) is 2.92. The molecule has 0 aliphatic rings. The van der Waals surface area contributed by atoms with Gasteiger partial charge in [0.05, 0.1) is 6.26 Å². The van der Waals surface area contributed by atoms with Gasteiger partial charge < -0.3 is 15.5 Å². The van der Waals surface area contributed by atoms with Crippen molar-refractivity contribution in [2.45, 2.75) is 18.2 Å². The van der Waals surface area contributed by atoms with Crippen LogP contribution in [0.25, 0.3) is 0 Å². The Bertz CT molecular complexity index is 567. The fourth-order valence-electron chi connectivity index (χ4n) is 1.98. The van der Waals surface area contributed by atoms with Crippen molar-refractivity contribution in [2.75, 3.05) is 17.6 Å². The third-order valence-electron chi connectivity index (χ3n) is 2.84. The fourth-order valence-corrected chi connectivity index (χ4v) is 3.12. The zero-order valence-electron chi connectivity index (χ0n) is 11.4. The molecule has 1 aromatic heterocycles. The van der Waals surface area contributed by atoms with Crippen LogP contribution in [0, 0.1) is 0 Å². The van der Waals surface area contributed by atoms with Crippen molar-refractivity contribution in [1.82, 2.24) is 0 Å². The molecule has 5 heteroatoms. The van der Waals surface area contributed by atoms with E-state index in [-0.39, 0.29) is 0 Å². The van der Waals surface area contributed by atoms with E-state index in [1.54, 1.807) is 18.0 Å². The Morgan fingerprint density at radius 2 is 2.20 bits per heavy atom. The van der Waals surface area contributed by atoms with Gasteiger partial charge in [0.1, 0.15) is 10.7 Å². The van der Waals surface area contributed by atoms with Crippen LogP contribution in [0.2, 0.25) is 0 Å². The van der Waals surface area contributed by atoms with Crippen LogP contribution in [0.1, 0.15) is 18.2 Å². The molecule has 0 aliphatic carbocycles. The van der Waals surface area contributed by atoms with Gasteiger partial charge >= 0.3 is 0 Å². The normalized spacial score (nSPS) is 10.4. The molecule has 0 atom stereocenters. The molecule has 0 spiro atoms. The summed E-state index contributed by atoms with van der Waals surface area (Å²) >= 11 is 6.94. The van der Waals surface area contributed by atoms with E-state index in [1.807, 2.05) is 24.3 Å². The highest BCUT2D eigenvalue weighted by molar-refractivity contribution is 7.99. The second-order valence-corrected chi connectivity index (χ2v) is 5.98. The quantitative estimate of drug-likeness (QED) is 0.603. The van der Waals surface area contributed by atoms with Gasteiger partial charge in [-0.3, -0.25) is 0 Å². The first kappa shape index (κ1) is 14.9. The molecule has 0 aliphatic heterocycles. The van der Waals surface area contributed by atoms with Gasteiger partial charge in [0.2, 0.25) is 0 Å². The second kappa shape index (κ2) is 7.36. The molecular weight excluding hydrogens is 288 g/mol. The molecule has 2 rings (SSSR count). The lowest BCUT2D eigenvalue weighted by atomic mass is 10.1. The van der Waals surface area contributed by atoms with Crippen molar-refractivity contribution in [3.8, 4) is 0 Å². The Morgan fingerprint density at radius 1 is 1.35 bits per heavy atom. The Balaban J connectivity index is 2.09. The zero-order valence-corrected chi connectivity index (χ0v) is 13.0. The molecule has 0 unspecified atom stereocenters. The molecule has 0 saturated carbocycles.